The second-order valence-electron chi connectivity index (χ2n) is 9.25. The molecule has 1 aromatic heterocycles. The van der Waals surface area contributed by atoms with Crippen molar-refractivity contribution in [1.29, 1.82) is 0 Å². The zero-order valence-corrected chi connectivity index (χ0v) is 21.0. The van der Waals surface area contributed by atoms with E-state index in [0.717, 1.165) is 48.9 Å². The minimum Gasteiger partial charge on any atom is -0.493 e. The number of nitrogens with zero attached hydrogens (tertiary/aromatic N) is 3. The highest BCUT2D eigenvalue weighted by Crippen LogP contribution is 2.29. The highest BCUT2D eigenvalue weighted by Gasteiger charge is 2.33. The monoisotopic (exact) mass is 473 g/mol. The van der Waals surface area contributed by atoms with E-state index >= 15 is 0 Å². The molecule has 0 radical (unpaired) electrons. The van der Waals surface area contributed by atoms with Crippen molar-refractivity contribution in [2.75, 3.05) is 13.1 Å². The fourth-order valence-corrected chi connectivity index (χ4v) is 5.08. The van der Waals surface area contributed by atoms with Gasteiger partial charge < -0.3 is 10.0 Å². The van der Waals surface area contributed by atoms with Crippen molar-refractivity contribution in [1.82, 2.24) is 14.5 Å². The number of rotatable bonds is 8. The molecule has 1 amide bonds. The van der Waals surface area contributed by atoms with Crippen LogP contribution in [-0.2, 0) is 19.3 Å². The Morgan fingerprint density at radius 3 is 2.34 bits per heavy atom. The molecular formula is C29H35N3O3. The molecule has 4 rings (SSSR count). The van der Waals surface area contributed by atoms with Crippen molar-refractivity contribution in [3.8, 4) is 11.6 Å². The highest BCUT2D eigenvalue weighted by atomic mass is 16.3. The Labute approximate surface area is 207 Å². The Balaban J connectivity index is 1.80. The topological polar surface area (TPSA) is 75.4 Å². The van der Waals surface area contributed by atoms with Gasteiger partial charge >= 0.3 is 0 Å². The first-order chi connectivity index (χ1) is 17.0. The number of aryl methyl sites for hydroxylation is 3. The number of carbonyl (C=O) groups is 1. The van der Waals surface area contributed by atoms with Crippen LogP contribution in [0.4, 0.5) is 0 Å². The molecule has 0 aliphatic carbocycles. The SMILES string of the molecule is CCCCc1nc(O)c(C(=O)N2CC[C@@H](c3ccccc3)C2)c(=O)n1-c1c(CC)cccc1CC. The number of amides is 1. The molecule has 35 heavy (non-hydrogen) atoms. The van der Waals surface area contributed by atoms with E-state index in [2.05, 4.69) is 37.9 Å². The minimum absolute atomic E-state index is 0.216. The van der Waals surface area contributed by atoms with Crippen LogP contribution < -0.4 is 5.56 Å². The van der Waals surface area contributed by atoms with E-state index in [0.29, 0.717) is 25.3 Å². The van der Waals surface area contributed by atoms with Crippen LogP contribution in [0.1, 0.15) is 78.8 Å². The number of aromatic hydroxyl groups is 1. The predicted octanol–water partition coefficient (Wildman–Crippen LogP) is 5.04. The molecule has 1 aliphatic heterocycles. The van der Waals surface area contributed by atoms with Gasteiger partial charge in [0.25, 0.3) is 11.5 Å². The lowest BCUT2D eigenvalue weighted by Gasteiger charge is -2.22. The molecule has 0 bridgehead atoms. The van der Waals surface area contributed by atoms with E-state index in [1.54, 1.807) is 9.47 Å². The summed E-state index contributed by atoms with van der Waals surface area (Å²) in [4.78, 5) is 33.7. The largest absolute Gasteiger partial charge is 0.493 e. The van der Waals surface area contributed by atoms with Gasteiger partial charge in [-0.05, 0) is 42.4 Å². The summed E-state index contributed by atoms with van der Waals surface area (Å²) in [6.45, 7) is 7.26. The Bertz CT molecular complexity index is 1230. The van der Waals surface area contributed by atoms with Crippen molar-refractivity contribution < 1.29 is 9.90 Å². The van der Waals surface area contributed by atoms with Crippen LogP contribution in [0.5, 0.6) is 5.88 Å². The second kappa shape index (κ2) is 10.9. The van der Waals surface area contributed by atoms with Gasteiger partial charge in [0.2, 0.25) is 5.88 Å². The summed E-state index contributed by atoms with van der Waals surface area (Å²) in [6.07, 6.45) is 4.64. The van der Waals surface area contributed by atoms with Crippen LogP contribution in [0.3, 0.4) is 0 Å². The molecule has 1 saturated heterocycles. The number of para-hydroxylation sites is 1. The average Bonchev–Trinajstić information content (AvgIpc) is 3.38. The van der Waals surface area contributed by atoms with Gasteiger partial charge in [-0.25, -0.2) is 0 Å². The van der Waals surface area contributed by atoms with Crippen molar-refractivity contribution in [2.24, 2.45) is 0 Å². The van der Waals surface area contributed by atoms with E-state index in [4.69, 9.17) is 0 Å². The van der Waals surface area contributed by atoms with Gasteiger partial charge in [-0.1, -0.05) is 75.7 Å². The summed E-state index contributed by atoms with van der Waals surface area (Å²) in [7, 11) is 0. The highest BCUT2D eigenvalue weighted by molar-refractivity contribution is 5.96. The van der Waals surface area contributed by atoms with Gasteiger partial charge in [0.1, 0.15) is 5.82 Å². The van der Waals surface area contributed by atoms with E-state index in [-0.39, 0.29) is 11.5 Å². The number of carbonyl (C=O) groups excluding carboxylic acids is 1. The molecule has 0 saturated carbocycles. The van der Waals surface area contributed by atoms with Crippen molar-refractivity contribution >= 4 is 5.91 Å². The molecule has 3 aromatic rings. The minimum atomic E-state index is -0.479. The zero-order valence-electron chi connectivity index (χ0n) is 21.0. The van der Waals surface area contributed by atoms with E-state index in [1.165, 1.54) is 5.56 Å². The van der Waals surface area contributed by atoms with Gasteiger partial charge in [-0.15, -0.1) is 0 Å². The van der Waals surface area contributed by atoms with Crippen molar-refractivity contribution in [3.63, 3.8) is 0 Å². The molecule has 1 N–H and O–H groups in total. The van der Waals surface area contributed by atoms with Gasteiger partial charge in [0.15, 0.2) is 5.56 Å². The van der Waals surface area contributed by atoms with Crippen molar-refractivity contribution in [3.05, 3.63) is 87.0 Å². The maximum absolute atomic E-state index is 14.0. The summed E-state index contributed by atoms with van der Waals surface area (Å²) in [6, 6.07) is 16.2. The molecule has 6 nitrogen and oxygen atoms in total. The van der Waals surface area contributed by atoms with Crippen molar-refractivity contribution in [2.45, 2.75) is 65.2 Å². The Morgan fingerprint density at radius 2 is 1.71 bits per heavy atom. The van der Waals surface area contributed by atoms with Crippen LogP contribution in [-0.4, -0.2) is 38.6 Å². The van der Waals surface area contributed by atoms with Gasteiger partial charge in [-0.3, -0.25) is 14.2 Å². The quantitative estimate of drug-likeness (QED) is 0.498. The summed E-state index contributed by atoms with van der Waals surface area (Å²) in [5, 5.41) is 10.8. The van der Waals surface area contributed by atoms with Crippen LogP contribution in [0.2, 0.25) is 0 Å². The Morgan fingerprint density at radius 1 is 1.03 bits per heavy atom. The van der Waals surface area contributed by atoms with E-state index < -0.39 is 17.3 Å². The number of likely N-dealkylation sites (tertiary alicyclic amines) is 1. The summed E-state index contributed by atoms with van der Waals surface area (Å²) in [5.41, 5.74) is 3.33. The lowest BCUT2D eigenvalue weighted by atomic mass is 9.99. The lowest BCUT2D eigenvalue weighted by molar-refractivity contribution is 0.0784. The van der Waals surface area contributed by atoms with Crippen LogP contribution in [0.25, 0.3) is 5.69 Å². The summed E-state index contributed by atoms with van der Waals surface area (Å²) in [5.74, 6) is -0.183. The van der Waals surface area contributed by atoms with Gasteiger partial charge in [-0.2, -0.15) is 4.98 Å². The molecule has 1 aliphatic rings. The normalized spacial score (nSPS) is 15.5. The zero-order chi connectivity index (χ0) is 24.9. The fourth-order valence-electron chi connectivity index (χ4n) is 5.08. The van der Waals surface area contributed by atoms with E-state index in [9.17, 15) is 14.7 Å². The Hall–Kier alpha value is -3.41. The van der Waals surface area contributed by atoms with Crippen LogP contribution in [0, 0.1) is 0 Å². The smallest absolute Gasteiger partial charge is 0.274 e. The molecule has 0 spiro atoms. The average molecular weight is 474 g/mol. The first-order valence-electron chi connectivity index (χ1n) is 12.8. The summed E-state index contributed by atoms with van der Waals surface area (Å²) >= 11 is 0. The van der Waals surface area contributed by atoms with Crippen LogP contribution >= 0.6 is 0 Å². The lowest BCUT2D eigenvalue weighted by Crippen LogP contribution is -2.37. The second-order valence-corrected chi connectivity index (χ2v) is 9.25. The fraction of sp³-hybridized carbons (Fsp3) is 0.414. The summed E-state index contributed by atoms with van der Waals surface area (Å²) < 4.78 is 1.60. The van der Waals surface area contributed by atoms with Gasteiger partial charge in [0, 0.05) is 25.4 Å². The maximum atomic E-state index is 14.0. The van der Waals surface area contributed by atoms with Crippen LogP contribution in [0.15, 0.2) is 53.3 Å². The first-order valence-corrected chi connectivity index (χ1v) is 12.8. The molecule has 6 heteroatoms. The first kappa shape index (κ1) is 24.7. The molecule has 184 valence electrons. The number of hydrogen-bond acceptors (Lipinski definition) is 4. The Kier molecular flexibility index (Phi) is 7.69. The molecule has 1 atom stereocenters. The van der Waals surface area contributed by atoms with E-state index in [1.807, 2.05) is 36.4 Å². The molecule has 1 fully saturated rings. The molecular weight excluding hydrogens is 438 g/mol. The number of hydrogen-bond donors (Lipinski definition) is 1. The number of benzene rings is 2. The molecule has 2 aromatic carbocycles. The third-order valence-corrected chi connectivity index (χ3v) is 7.04. The van der Waals surface area contributed by atoms with Gasteiger partial charge in [0.05, 0.1) is 5.69 Å². The molecule has 2 heterocycles. The maximum Gasteiger partial charge on any atom is 0.274 e. The predicted molar refractivity (Wildman–Crippen MR) is 139 cm³/mol. The standard InChI is InChI=1S/C29H35N3O3/c1-4-7-16-24-30-27(33)25(28(34)31-18-17-23(19-31)22-12-9-8-10-13-22)29(35)32(24)26-20(5-2)14-11-15-21(26)6-3/h8-15,23,33H,4-7,16-19H2,1-3H3/t23-/m1/s1. The number of unbranched alkanes of at least 4 members (excludes halogenated alkanes) is 1. The molecule has 0 unspecified atom stereocenters. The third kappa shape index (κ3) is 4.88. The number of aromatic nitrogens is 2. The third-order valence-electron chi connectivity index (χ3n) is 7.04.